The molecule has 3 heterocycles. The highest BCUT2D eigenvalue weighted by Gasteiger charge is 2.35. The SMILES string of the molecule is OCC1CN(c2nccn3nc(C(F)(F)F)cc23)C1. The average molecular weight is 272 g/mol. The lowest BCUT2D eigenvalue weighted by molar-refractivity contribution is -0.141. The number of fused-ring (bicyclic) bond motifs is 1. The molecule has 0 unspecified atom stereocenters. The zero-order valence-corrected chi connectivity index (χ0v) is 9.80. The van der Waals surface area contributed by atoms with Gasteiger partial charge in [0.2, 0.25) is 0 Å². The van der Waals surface area contributed by atoms with Crippen LogP contribution in [0.3, 0.4) is 0 Å². The predicted molar refractivity (Wildman–Crippen MR) is 60.8 cm³/mol. The van der Waals surface area contributed by atoms with Crippen LogP contribution < -0.4 is 4.90 Å². The van der Waals surface area contributed by atoms with Crippen molar-refractivity contribution in [2.75, 3.05) is 24.6 Å². The third-order valence-corrected chi connectivity index (χ3v) is 3.17. The molecule has 1 aliphatic heterocycles. The van der Waals surface area contributed by atoms with E-state index in [9.17, 15) is 13.2 Å². The van der Waals surface area contributed by atoms with Crippen molar-refractivity contribution in [3.05, 3.63) is 24.2 Å². The summed E-state index contributed by atoms with van der Waals surface area (Å²) in [6, 6.07) is 0.995. The number of anilines is 1. The van der Waals surface area contributed by atoms with E-state index in [1.54, 1.807) is 0 Å². The topological polar surface area (TPSA) is 53.7 Å². The lowest BCUT2D eigenvalue weighted by atomic mass is 10.0. The quantitative estimate of drug-likeness (QED) is 0.892. The molecule has 8 heteroatoms. The van der Waals surface area contributed by atoms with Crippen LogP contribution in [0.2, 0.25) is 0 Å². The second-order valence-corrected chi connectivity index (χ2v) is 4.56. The Morgan fingerprint density at radius 3 is 2.74 bits per heavy atom. The summed E-state index contributed by atoms with van der Waals surface area (Å²) in [5.41, 5.74) is -0.604. The summed E-state index contributed by atoms with van der Waals surface area (Å²) in [4.78, 5) is 5.94. The fraction of sp³-hybridized carbons (Fsp3) is 0.455. The minimum absolute atomic E-state index is 0.0761. The van der Waals surface area contributed by atoms with Gasteiger partial charge in [-0.05, 0) is 0 Å². The molecule has 0 spiro atoms. The van der Waals surface area contributed by atoms with Crippen LogP contribution in [0, 0.1) is 5.92 Å². The average Bonchev–Trinajstić information content (AvgIpc) is 2.71. The summed E-state index contributed by atoms with van der Waals surface area (Å²) in [6.45, 7) is 1.26. The monoisotopic (exact) mass is 272 g/mol. The van der Waals surface area contributed by atoms with E-state index in [4.69, 9.17) is 5.11 Å². The number of aliphatic hydroxyl groups excluding tert-OH is 1. The van der Waals surface area contributed by atoms with E-state index in [1.807, 2.05) is 4.90 Å². The largest absolute Gasteiger partial charge is 0.435 e. The number of aliphatic hydroxyl groups is 1. The van der Waals surface area contributed by atoms with Crippen LogP contribution in [-0.2, 0) is 6.18 Å². The minimum Gasteiger partial charge on any atom is -0.396 e. The number of alkyl halides is 3. The molecule has 0 aliphatic carbocycles. The number of aromatic nitrogens is 3. The Kier molecular flexibility index (Phi) is 2.63. The Labute approximate surface area is 106 Å². The second-order valence-electron chi connectivity index (χ2n) is 4.56. The third-order valence-electron chi connectivity index (χ3n) is 3.17. The summed E-state index contributed by atoms with van der Waals surface area (Å²) < 4.78 is 39.1. The minimum atomic E-state index is -4.47. The van der Waals surface area contributed by atoms with Gasteiger partial charge in [0.05, 0.1) is 0 Å². The van der Waals surface area contributed by atoms with Crippen LogP contribution in [0.5, 0.6) is 0 Å². The first kappa shape index (κ1) is 12.2. The van der Waals surface area contributed by atoms with Gasteiger partial charge in [0, 0.05) is 44.1 Å². The highest BCUT2D eigenvalue weighted by Crippen LogP contribution is 2.32. The van der Waals surface area contributed by atoms with E-state index in [1.165, 1.54) is 16.9 Å². The lowest BCUT2D eigenvalue weighted by Crippen LogP contribution is -2.48. The van der Waals surface area contributed by atoms with Crippen LogP contribution in [0.25, 0.3) is 5.52 Å². The number of hydrogen-bond acceptors (Lipinski definition) is 4. The summed E-state index contributed by atoms with van der Waals surface area (Å²) in [5, 5.41) is 12.5. The molecular formula is C11H11F3N4O. The van der Waals surface area contributed by atoms with E-state index in [-0.39, 0.29) is 12.5 Å². The van der Waals surface area contributed by atoms with E-state index < -0.39 is 11.9 Å². The number of halogens is 3. The molecule has 19 heavy (non-hydrogen) atoms. The first-order valence-electron chi connectivity index (χ1n) is 5.76. The van der Waals surface area contributed by atoms with Gasteiger partial charge >= 0.3 is 6.18 Å². The van der Waals surface area contributed by atoms with Gasteiger partial charge in [-0.1, -0.05) is 0 Å². The van der Waals surface area contributed by atoms with Gasteiger partial charge in [0.1, 0.15) is 5.52 Å². The van der Waals surface area contributed by atoms with E-state index in [0.29, 0.717) is 24.4 Å². The van der Waals surface area contributed by atoms with Crippen LogP contribution in [-0.4, -0.2) is 39.4 Å². The van der Waals surface area contributed by atoms with Gasteiger partial charge < -0.3 is 10.0 Å². The van der Waals surface area contributed by atoms with E-state index >= 15 is 0 Å². The molecule has 0 saturated carbocycles. The highest BCUT2D eigenvalue weighted by molar-refractivity contribution is 5.70. The molecule has 1 saturated heterocycles. The van der Waals surface area contributed by atoms with Crippen molar-refractivity contribution in [1.29, 1.82) is 0 Å². The molecule has 2 aromatic heterocycles. The standard InChI is InChI=1S/C11H11F3N4O/c12-11(13,14)9-3-8-10(15-1-2-18(8)16-9)17-4-7(5-17)6-19/h1-3,7,19H,4-6H2. The van der Waals surface area contributed by atoms with Crippen molar-refractivity contribution in [3.8, 4) is 0 Å². The van der Waals surface area contributed by atoms with Gasteiger partial charge in [-0.3, -0.25) is 0 Å². The number of rotatable bonds is 2. The fourth-order valence-corrected chi connectivity index (χ4v) is 2.15. The van der Waals surface area contributed by atoms with Crippen molar-refractivity contribution < 1.29 is 18.3 Å². The maximum Gasteiger partial charge on any atom is 0.435 e. The number of hydrogen-bond donors (Lipinski definition) is 1. The zero-order valence-electron chi connectivity index (χ0n) is 9.80. The van der Waals surface area contributed by atoms with Crippen molar-refractivity contribution in [2.24, 2.45) is 5.92 Å². The van der Waals surface area contributed by atoms with Crippen molar-refractivity contribution in [1.82, 2.24) is 14.6 Å². The van der Waals surface area contributed by atoms with Crippen LogP contribution in [0.1, 0.15) is 5.69 Å². The first-order valence-corrected chi connectivity index (χ1v) is 5.76. The molecule has 2 aromatic rings. The lowest BCUT2D eigenvalue weighted by Gasteiger charge is -2.39. The summed E-state index contributed by atoms with van der Waals surface area (Å²) in [5.74, 6) is 0.627. The van der Waals surface area contributed by atoms with E-state index in [0.717, 1.165) is 6.07 Å². The number of nitrogens with zero attached hydrogens (tertiary/aromatic N) is 4. The summed E-state index contributed by atoms with van der Waals surface area (Å²) in [7, 11) is 0. The zero-order chi connectivity index (χ0) is 13.6. The smallest absolute Gasteiger partial charge is 0.396 e. The molecule has 1 fully saturated rings. The molecule has 3 rings (SSSR count). The van der Waals surface area contributed by atoms with Crippen LogP contribution in [0.15, 0.2) is 18.5 Å². The van der Waals surface area contributed by atoms with Crippen LogP contribution >= 0.6 is 0 Å². The maximum atomic E-state index is 12.6. The Morgan fingerprint density at radius 1 is 1.37 bits per heavy atom. The van der Waals surface area contributed by atoms with Gasteiger partial charge in [-0.25, -0.2) is 9.50 Å². The molecule has 0 atom stereocenters. The first-order chi connectivity index (χ1) is 8.99. The Morgan fingerprint density at radius 2 is 2.11 bits per heavy atom. The van der Waals surface area contributed by atoms with Crippen molar-refractivity contribution in [3.63, 3.8) is 0 Å². The Bertz CT molecular complexity index is 603. The molecule has 0 radical (unpaired) electrons. The van der Waals surface area contributed by atoms with Crippen LogP contribution in [0.4, 0.5) is 19.0 Å². The van der Waals surface area contributed by atoms with Gasteiger partial charge in [-0.2, -0.15) is 18.3 Å². The molecule has 0 bridgehead atoms. The molecule has 1 aliphatic rings. The Balaban J connectivity index is 1.99. The van der Waals surface area contributed by atoms with Gasteiger partial charge in [0.15, 0.2) is 11.5 Å². The molecular weight excluding hydrogens is 261 g/mol. The Hall–Kier alpha value is -1.83. The molecule has 0 amide bonds. The molecule has 5 nitrogen and oxygen atoms in total. The molecule has 0 aromatic carbocycles. The predicted octanol–water partition coefficient (Wildman–Crippen LogP) is 1.18. The molecule has 1 N–H and O–H groups in total. The second kappa shape index (κ2) is 4.09. The third kappa shape index (κ3) is 2.01. The fourth-order valence-electron chi connectivity index (χ4n) is 2.15. The van der Waals surface area contributed by atoms with Gasteiger partial charge in [-0.15, -0.1) is 0 Å². The van der Waals surface area contributed by atoms with Crippen molar-refractivity contribution in [2.45, 2.75) is 6.18 Å². The highest BCUT2D eigenvalue weighted by atomic mass is 19.4. The van der Waals surface area contributed by atoms with Gasteiger partial charge in [0.25, 0.3) is 0 Å². The molecule has 102 valence electrons. The summed E-state index contributed by atoms with van der Waals surface area (Å²) in [6.07, 6.45) is -1.66. The van der Waals surface area contributed by atoms with Crippen molar-refractivity contribution >= 4 is 11.3 Å². The maximum absolute atomic E-state index is 12.6. The normalized spacial score (nSPS) is 16.9. The summed E-state index contributed by atoms with van der Waals surface area (Å²) >= 11 is 0. The van der Waals surface area contributed by atoms with E-state index in [2.05, 4.69) is 10.1 Å².